The third kappa shape index (κ3) is 2.46. The first-order chi connectivity index (χ1) is 8.63. The predicted octanol–water partition coefficient (Wildman–Crippen LogP) is 1.45. The lowest BCUT2D eigenvalue weighted by atomic mass is 10.1. The van der Waals surface area contributed by atoms with Gasteiger partial charge in [0.2, 0.25) is 0 Å². The summed E-state index contributed by atoms with van der Waals surface area (Å²) in [5.41, 5.74) is 0.971. The van der Waals surface area contributed by atoms with Crippen LogP contribution in [0.3, 0.4) is 0 Å². The highest BCUT2D eigenvalue weighted by Crippen LogP contribution is 2.27. The van der Waals surface area contributed by atoms with Gasteiger partial charge in [0.1, 0.15) is 5.82 Å². The lowest BCUT2D eigenvalue weighted by Crippen LogP contribution is -2.34. The van der Waals surface area contributed by atoms with Gasteiger partial charge in [-0.15, -0.1) is 0 Å². The maximum Gasteiger partial charge on any atom is 0.320 e. The molecule has 1 heterocycles. The monoisotopic (exact) mass is 251 g/mol. The second kappa shape index (κ2) is 5.35. The van der Waals surface area contributed by atoms with Gasteiger partial charge in [0.05, 0.1) is 6.04 Å². The molecule has 2 rings (SSSR count). The van der Waals surface area contributed by atoms with E-state index in [4.69, 9.17) is 0 Å². The molecular weight excluding hydrogens is 233 g/mol. The number of carbonyl (C=O) groups excluding carboxylic acids is 1. The summed E-state index contributed by atoms with van der Waals surface area (Å²) in [7, 11) is 3.65. The molecule has 1 N–H and O–H groups in total. The fourth-order valence-electron chi connectivity index (χ4n) is 2.21. The van der Waals surface area contributed by atoms with Crippen molar-refractivity contribution in [3.63, 3.8) is 0 Å². The highest BCUT2D eigenvalue weighted by atomic mass is 19.1. The standard InChI is InChI=1S/C13H18FN3O/c1-15-7-8-17-9-12(16(2)13(17)18)10-3-5-11(14)6-4-10/h3-6,12,15H,7-9H2,1-2H3. The van der Waals surface area contributed by atoms with Crippen molar-refractivity contribution in [2.75, 3.05) is 33.7 Å². The minimum Gasteiger partial charge on any atom is -0.321 e. The van der Waals surface area contributed by atoms with Gasteiger partial charge in [-0.25, -0.2) is 9.18 Å². The summed E-state index contributed by atoms with van der Waals surface area (Å²) in [6.07, 6.45) is 0. The number of nitrogens with one attached hydrogen (secondary N) is 1. The molecule has 0 aromatic heterocycles. The summed E-state index contributed by atoms with van der Waals surface area (Å²) in [4.78, 5) is 15.5. The second-order valence-electron chi connectivity index (χ2n) is 4.51. The van der Waals surface area contributed by atoms with Crippen molar-refractivity contribution in [2.24, 2.45) is 0 Å². The second-order valence-corrected chi connectivity index (χ2v) is 4.51. The Hall–Kier alpha value is -1.62. The van der Waals surface area contributed by atoms with Gasteiger partial charge in [0.15, 0.2) is 0 Å². The molecule has 1 unspecified atom stereocenters. The van der Waals surface area contributed by atoms with Crippen molar-refractivity contribution in [1.29, 1.82) is 0 Å². The fourth-order valence-corrected chi connectivity index (χ4v) is 2.21. The Labute approximate surface area is 106 Å². The summed E-state index contributed by atoms with van der Waals surface area (Å²) in [6.45, 7) is 2.12. The van der Waals surface area contributed by atoms with Crippen LogP contribution in [0.25, 0.3) is 0 Å². The molecule has 1 atom stereocenters. The Morgan fingerprint density at radius 1 is 1.39 bits per heavy atom. The van der Waals surface area contributed by atoms with Crippen molar-refractivity contribution in [3.8, 4) is 0 Å². The maximum atomic E-state index is 12.9. The predicted molar refractivity (Wildman–Crippen MR) is 67.8 cm³/mol. The van der Waals surface area contributed by atoms with Crippen LogP contribution >= 0.6 is 0 Å². The van der Waals surface area contributed by atoms with Crippen molar-refractivity contribution >= 4 is 6.03 Å². The molecule has 1 aliphatic rings. The largest absolute Gasteiger partial charge is 0.321 e. The summed E-state index contributed by atoms with van der Waals surface area (Å²) in [5, 5.41) is 3.03. The van der Waals surface area contributed by atoms with E-state index in [9.17, 15) is 9.18 Å². The van der Waals surface area contributed by atoms with E-state index in [0.717, 1.165) is 12.1 Å². The van der Waals surface area contributed by atoms with Gasteiger partial charge in [0.25, 0.3) is 0 Å². The molecule has 18 heavy (non-hydrogen) atoms. The molecule has 0 radical (unpaired) electrons. The Morgan fingerprint density at radius 2 is 2.06 bits per heavy atom. The van der Waals surface area contributed by atoms with Crippen molar-refractivity contribution < 1.29 is 9.18 Å². The third-order valence-corrected chi connectivity index (χ3v) is 3.32. The van der Waals surface area contributed by atoms with E-state index < -0.39 is 0 Å². The summed E-state index contributed by atoms with van der Waals surface area (Å²) in [6, 6.07) is 6.39. The van der Waals surface area contributed by atoms with Gasteiger partial charge in [-0.2, -0.15) is 0 Å². The lowest BCUT2D eigenvalue weighted by molar-refractivity contribution is 0.196. The minimum absolute atomic E-state index is 0.00922. The number of nitrogens with zero attached hydrogens (tertiary/aromatic N) is 2. The van der Waals surface area contributed by atoms with Crippen molar-refractivity contribution in [1.82, 2.24) is 15.1 Å². The Bertz CT molecular complexity index is 421. The van der Waals surface area contributed by atoms with Crippen LogP contribution in [-0.2, 0) is 0 Å². The molecule has 98 valence electrons. The van der Waals surface area contributed by atoms with Gasteiger partial charge in [-0.1, -0.05) is 12.1 Å². The molecule has 1 saturated heterocycles. The molecule has 5 heteroatoms. The summed E-state index contributed by atoms with van der Waals surface area (Å²) >= 11 is 0. The van der Waals surface area contributed by atoms with Gasteiger partial charge in [0, 0.05) is 26.7 Å². The van der Waals surface area contributed by atoms with Crippen LogP contribution in [0.5, 0.6) is 0 Å². The van der Waals surface area contributed by atoms with E-state index >= 15 is 0 Å². The summed E-state index contributed by atoms with van der Waals surface area (Å²) < 4.78 is 12.9. The Morgan fingerprint density at radius 3 is 2.67 bits per heavy atom. The SMILES string of the molecule is CNCCN1CC(c2ccc(F)cc2)N(C)C1=O. The van der Waals surface area contributed by atoms with Crippen LogP contribution < -0.4 is 5.32 Å². The molecule has 0 spiro atoms. The number of halogens is 1. The van der Waals surface area contributed by atoms with Crippen LogP contribution in [0.4, 0.5) is 9.18 Å². The van der Waals surface area contributed by atoms with Gasteiger partial charge in [-0.3, -0.25) is 0 Å². The van der Waals surface area contributed by atoms with E-state index in [-0.39, 0.29) is 17.9 Å². The molecular formula is C13H18FN3O. The molecule has 0 aliphatic carbocycles. The van der Waals surface area contributed by atoms with E-state index in [0.29, 0.717) is 13.1 Å². The molecule has 2 amide bonds. The molecule has 0 saturated carbocycles. The molecule has 1 aromatic rings. The normalized spacial score (nSPS) is 19.7. The number of benzene rings is 1. The van der Waals surface area contributed by atoms with Crippen molar-refractivity contribution in [3.05, 3.63) is 35.6 Å². The number of carbonyl (C=O) groups is 1. The first-order valence-corrected chi connectivity index (χ1v) is 6.05. The molecule has 1 aliphatic heterocycles. The zero-order chi connectivity index (χ0) is 13.1. The molecule has 1 fully saturated rings. The third-order valence-electron chi connectivity index (χ3n) is 3.32. The van der Waals surface area contributed by atoms with Crippen LogP contribution in [-0.4, -0.2) is 49.6 Å². The molecule has 0 bridgehead atoms. The zero-order valence-corrected chi connectivity index (χ0v) is 10.7. The van der Waals surface area contributed by atoms with E-state index in [1.165, 1.54) is 12.1 Å². The number of urea groups is 1. The first-order valence-electron chi connectivity index (χ1n) is 6.05. The smallest absolute Gasteiger partial charge is 0.320 e. The average molecular weight is 251 g/mol. The number of hydrogen-bond donors (Lipinski definition) is 1. The number of likely N-dealkylation sites (N-methyl/N-ethyl adjacent to an activating group) is 2. The first kappa shape index (κ1) is 12.8. The fraction of sp³-hybridized carbons (Fsp3) is 0.462. The van der Waals surface area contributed by atoms with Crippen molar-refractivity contribution in [2.45, 2.75) is 6.04 Å². The topological polar surface area (TPSA) is 35.6 Å². The maximum absolute atomic E-state index is 12.9. The van der Waals surface area contributed by atoms with E-state index in [2.05, 4.69) is 5.32 Å². The van der Waals surface area contributed by atoms with Crippen LogP contribution in [0.2, 0.25) is 0 Å². The van der Waals surface area contributed by atoms with Crippen LogP contribution in [0.1, 0.15) is 11.6 Å². The Kier molecular flexibility index (Phi) is 3.81. The summed E-state index contributed by atoms with van der Waals surface area (Å²) in [5.74, 6) is -0.252. The quantitative estimate of drug-likeness (QED) is 0.879. The average Bonchev–Trinajstić information content (AvgIpc) is 2.65. The van der Waals surface area contributed by atoms with Crippen LogP contribution in [0.15, 0.2) is 24.3 Å². The highest BCUT2D eigenvalue weighted by Gasteiger charge is 2.34. The van der Waals surface area contributed by atoms with Crippen LogP contribution in [0, 0.1) is 5.82 Å². The van der Waals surface area contributed by atoms with Gasteiger partial charge < -0.3 is 15.1 Å². The Balaban J connectivity index is 2.10. The minimum atomic E-state index is -0.252. The number of hydrogen-bond acceptors (Lipinski definition) is 2. The number of amides is 2. The molecule has 1 aromatic carbocycles. The number of rotatable bonds is 4. The van der Waals surface area contributed by atoms with E-state index in [1.54, 1.807) is 24.1 Å². The zero-order valence-electron chi connectivity index (χ0n) is 10.7. The van der Waals surface area contributed by atoms with Gasteiger partial charge in [-0.05, 0) is 24.7 Å². The van der Waals surface area contributed by atoms with E-state index in [1.807, 2.05) is 11.9 Å². The highest BCUT2D eigenvalue weighted by molar-refractivity contribution is 5.77. The van der Waals surface area contributed by atoms with Gasteiger partial charge >= 0.3 is 6.03 Å². The lowest BCUT2D eigenvalue weighted by Gasteiger charge is -2.17. The molecule has 4 nitrogen and oxygen atoms in total.